The molecule has 2 aromatic carbocycles. The first-order valence-corrected chi connectivity index (χ1v) is 14.8. The van der Waals surface area contributed by atoms with Gasteiger partial charge in [0.15, 0.2) is 0 Å². The second kappa shape index (κ2) is 13.0. The van der Waals surface area contributed by atoms with Crippen molar-refractivity contribution in [2.24, 2.45) is 5.41 Å². The van der Waals surface area contributed by atoms with Crippen LogP contribution in [0.5, 0.6) is 5.75 Å². The van der Waals surface area contributed by atoms with Crippen LogP contribution in [0.1, 0.15) is 51.8 Å². The lowest BCUT2D eigenvalue weighted by molar-refractivity contribution is -0.385. The minimum Gasteiger partial charge on any atom is -0.486 e. The van der Waals surface area contributed by atoms with Crippen LogP contribution in [0.4, 0.5) is 22.0 Å². The highest BCUT2D eigenvalue weighted by molar-refractivity contribution is 6.32. The highest BCUT2D eigenvalue weighted by Gasteiger charge is 2.34. The fourth-order valence-corrected chi connectivity index (χ4v) is 5.19. The summed E-state index contributed by atoms with van der Waals surface area (Å²) in [6.45, 7) is 8.62. The van der Waals surface area contributed by atoms with Crippen molar-refractivity contribution in [3.63, 3.8) is 0 Å². The molecular weight excluding hydrogens is 596 g/mol. The van der Waals surface area contributed by atoms with Crippen molar-refractivity contribution >= 4 is 45.8 Å². The number of nitro benzene ring substituents is 1. The number of nitrogens with zero attached hydrogens (tertiary/aromatic N) is 5. The van der Waals surface area contributed by atoms with Crippen LogP contribution in [0.15, 0.2) is 61.1 Å². The molecular formula is C33H33ClN6O5. The van der Waals surface area contributed by atoms with E-state index in [2.05, 4.69) is 32.1 Å². The van der Waals surface area contributed by atoms with Crippen LogP contribution in [0, 0.1) is 27.4 Å². The monoisotopic (exact) mass is 628 g/mol. The number of piperidine rings is 1. The summed E-state index contributed by atoms with van der Waals surface area (Å²) in [7, 11) is 0. The Morgan fingerprint density at radius 1 is 1.18 bits per heavy atom. The maximum Gasteiger partial charge on any atom is 0.410 e. The second-order valence-corrected chi connectivity index (χ2v) is 12.5. The van der Waals surface area contributed by atoms with Gasteiger partial charge in [-0.15, -0.1) is 0 Å². The molecule has 1 aliphatic rings. The summed E-state index contributed by atoms with van der Waals surface area (Å²) in [5, 5.41) is 16.2. The number of ether oxygens (including phenoxy) is 2. The van der Waals surface area contributed by atoms with Gasteiger partial charge in [0.05, 0.1) is 21.2 Å². The fraction of sp³-hybridized carbons (Fsp3) is 0.333. The van der Waals surface area contributed by atoms with Gasteiger partial charge in [-0.1, -0.05) is 29.5 Å². The molecule has 0 saturated carbocycles. The fourth-order valence-electron chi connectivity index (χ4n) is 4.95. The predicted octanol–water partition coefficient (Wildman–Crippen LogP) is 7.30. The van der Waals surface area contributed by atoms with E-state index < -0.39 is 22.0 Å². The quantitative estimate of drug-likeness (QED) is 0.133. The molecule has 1 aliphatic heterocycles. The third-order valence-electron chi connectivity index (χ3n) is 7.09. The van der Waals surface area contributed by atoms with Gasteiger partial charge in [0.2, 0.25) is 0 Å². The molecule has 3 heterocycles. The minimum atomic E-state index is -0.609. The maximum absolute atomic E-state index is 12.7. The Hall–Kier alpha value is -4.95. The van der Waals surface area contributed by atoms with Gasteiger partial charge in [0.25, 0.3) is 5.69 Å². The van der Waals surface area contributed by atoms with Gasteiger partial charge < -0.3 is 19.7 Å². The zero-order valence-electron chi connectivity index (χ0n) is 25.5. The number of amides is 1. The van der Waals surface area contributed by atoms with Gasteiger partial charge in [-0.3, -0.25) is 15.1 Å². The van der Waals surface area contributed by atoms with Gasteiger partial charge >= 0.3 is 6.09 Å². The molecule has 1 fully saturated rings. The average molecular weight is 629 g/mol. The molecule has 45 heavy (non-hydrogen) atoms. The van der Waals surface area contributed by atoms with Crippen LogP contribution >= 0.6 is 11.6 Å². The van der Waals surface area contributed by atoms with Gasteiger partial charge in [-0.25, -0.2) is 14.8 Å². The third kappa shape index (κ3) is 7.96. The van der Waals surface area contributed by atoms with Crippen LogP contribution < -0.4 is 10.1 Å². The van der Waals surface area contributed by atoms with Crippen LogP contribution in [0.2, 0.25) is 5.02 Å². The number of anilines is 2. The van der Waals surface area contributed by atoms with Gasteiger partial charge in [0, 0.05) is 41.8 Å². The first-order chi connectivity index (χ1) is 21.4. The number of carbonyl (C=O) groups is 1. The average Bonchev–Trinajstić information content (AvgIpc) is 2.99. The number of hydrogen-bond acceptors (Lipinski definition) is 9. The van der Waals surface area contributed by atoms with Crippen LogP contribution in [-0.2, 0) is 11.3 Å². The topological polar surface area (TPSA) is 133 Å². The number of aromatic nitrogens is 3. The number of benzene rings is 2. The molecule has 0 bridgehead atoms. The Morgan fingerprint density at radius 3 is 2.71 bits per heavy atom. The van der Waals surface area contributed by atoms with Crippen molar-refractivity contribution < 1.29 is 19.2 Å². The molecule has 1 N–H and O–H groups in total. The number of hydrogen-bond donors (Lipinski definition) is 1. The van der Waals surface area contributed by atoms with Crippen molar-refractivity contribution in [3.8, 4) is 17.6 Å². The Morgan fingerprint density at radius 2 is 2.00 bits per heavy atom. The maximum atomic E-state index is 12.7. The molecule has 1 atom stereocenters. The number of rotatable bonds is 6. The lowest BCUT2D eigenvalue weighted by Crippen LogP contribution is -2.46. The van der Waals surface area contributed by atoms with E-state index in [9.17, 15) is 14.9 Å². The predicted molar refractivity (Wildman–Crippen MR) is 172 cm³/mol. The van der Waals surface area contributed by atoms with Gasteiger partial charge in [0.1, 0.15) is 35.7 Å². The van der Waals surface area contributed by atoms with E-state index in [0.29, 0.717) is 46.3 Å². The molecule has 1 unspecified atom stereocenters. The Bertz CT molecular complexity index is 1800. The lowest BCUT2D eigenvalue weighted by Gasteiger charge is -2.37. The van der Waals surface area contributed by atoms with Gasteiger partial charge in [-0.05, 0) is 76.9 Å². The van der Waals surface area contributed by atoms with E-state index in [1.54, 1.807) is 35.4 Å². The summed E-state index contributed by atoms with van der Waals surface area (Å²) in [5.41, 5.74) is 0.734. The molecule has 0 aliphatic carbocycles. The number of carbonyl (C=O) groups excluding carboxylic acids is 1. The van der Waals surface area contributed by atoms with Crippen molar-refractivity contribution in [1.29, 1.82) is 0 Å². The number of likely N-dealkylation sites (tertiary alicyclic amines) is 1. The number of nitrogens with one attached hydrogen (secondary N) is 1. The number of halogens is 1. The first-order valence-electron chi connectivity index (χ1n) is 14.4. The molecule has 1 amide bonds. The minimum absolute atomic E-state index is 0.174. The number of pyridine rings is 1. The first kappa shape index (κ1) is 31.5. The van der Waals surface area contributed by atoms with Crippen LogP contribution in [0.3, 0.4) is 0 Å². The van der Waals surface area contributed by atoms with E-state index in [1.165, 1.54) is 12.4 Å². The zero-order chi connectivity index (χ0) is 32.2. The van der Waals surface area contributed by atoms with Gasteiger partial charge in [-0.2, -0.15) is 0 Å². The van der Waals surface area contributed by atoms with E-state index in [-0.39, 0.29) is 17.9 Å². The number of nitro groups is 1. The molecule has 11 nitrogen and oxygen atoms in total. The summed E-state index contributed by atoms with van der Waals surface area (Å²) >= 11 is 6.48. The molecule has 2 aromatic heterocycles. The highest BCUT2D eigenvalue weighted by atomic mass is 35.5. The molecule has 0 radical (unpaired) electrons. The molecule has 0 spiro atoms. The Kier molecular flexibility index (Phi) is 9.06. The summed E-state index contributed by atoms with van der Waals surface area (Å²) < 4.78 is 11.3. The smallest absolute Gasteiger partial charge is 0.410 e. The lowest BCUT2D eigenvalue weighted by atomic mass is 9.82. The largest absolute Gasteiger partial charge is 0.486 e. The molecule has 232 valence electrons. The van der Waals surface area contributed by atoms with E-state index in [1.807, 2.05) is 45.9 Å². The molecule has 12 heteroatoms. The van der Waals surface area contributed by atoms with Crippen LogP contribution in [-0.4, -0.2) is 49.6 Å². The van der Waals surface area contributed by atoms with E-state index in [0.717, 1.165) is 18.5 Å². The Labute approximate surface area is 266 Å². The zero-order valence-corrected chi connectivity index (χ0v) is 26.2. The van der Waals surface area contributed by atoms with Crippen molar-refractivity contribution in [1.82, 2.24) is 19.9 Å². The molecule has 5 rings (SSSR count). The Balaban J connectivity index is 1.37. The number of fused-ring (bicyclic) bond motifs is 1. The summed E-state index contributed by atoms with van der Waals surface area (Å²) in [5.74, 6) is 7.09. The van der Waals surface area contributed by atoms with Crippen molar-refractivity contribution in [2.45, 2.75) is 52.7 Å². The normalized spacial score (nSPS) is 16.4. The molecule has 4 aromatic rings. The highest BCUT2D eigenvalue weighted by Crippen LogP contribution is 2.34. The van der Waals surface area contributed by atoms with Crippen molar-refractivity contribution in [3.05, 3.63) is 87.4 Å². The SMILES string of the molecule is CC1(C#Cc2cc3ncnc(Nc4ccc(OCc5ccccn5)c(Cl)c4)c3cc2[N+](=O)[O-])CCCN(C(=O)OC(C)(C)C)C1. The second-order valence-electron chi connectivity index (χ2n) is 12.1. The van der Waals surface area contributed by atoms with E-state index >= 15 is 0 Å². The molecule has 1 saturated heterocycles. The summed E-state index contributed by atoms with van der Waals surface area (Å²) in [4.78, 5) is 38.9. The van der Waals surface area contributed by atoms with E-state index in [4.69, 9.17) is 21.1 Å². The van der Waals surface area contributed by atoms with Crippen LogP contribution in [0.25, 0.3) is 10.9 Å². The summed E-state index contributed by atoms with van der Waals surface area (Å²) in [6, 6.07) is 13.8. The van der Waals surface area contributed by atoms with Crippen molar-refractivity contribution in [2.75, 3.05) is 18.4 Å². The standard InChI is InChI=1S/C33H33ClN6O5/c1-32(2,3)45-31(41)39-15-7-12-33(4,20-39)13-11-22-16-27-25(18-28(22)40(42)43)30(37-21-36-27)38-23-9-10-29(26(34)17-23)44-19-24-8-5-6-14-35-24/h5-6,8-10,14,16-18,21H,7,12,15,19-20H2,1-4H3,(H,36,37,38). The third-order valence-corrected chi connectivity index (χ3v) is 7.39. The summed E-state index contributed by atoms with van der Waals surface area (Å²) in [6.07, 6.45) is 4.16.